The van der Waals surface area contributed by atoms with E-state index in [2.05, 4.69) is 6.92 Å². The second-order valence-corrected chi connectivity index (χ2v) is 11.5. The van der Waals surface area contributed by atoms with Crippen molar-refractivity contribution in [3.8, 4) is 22.6 Å². The van der Waals surface area contributed by atoms with E-state index in [4.69, 9.17) is 21.7 Å². The molecule has 1 aliphatic heterocycles. The van der Waals surface area contributed by atoms with Crippen molar-refractivity contribution < 1.29 is 19.1 Å². The molecule has 6 heteroatoms. The molecule has 0 saturated heterocycles. The molecule has 0 fully saturated rings. The van der Waals surface area contributed by atoms with Gasteiger partial charge in [-0.3, -0.25) is 9.69 Å². The molecule has 1 amide bonds. The number of hydrogen-bond donors (Lipinski definition) is 0. The van der Waals surface area contributed by atoms with Crippen molar-refractivity contribution in [2.24, 2.45) is 0 Å². The van der Waals surface area contributed by atoms with E-state index in [1.54, 1.807) is 35.2 Å². The third-order valence-corrected chi connectivity index (χ3v) is 8.37. The molecule has 0 N–H and O–H groups in total. The first-order chi connectivity index (χ1) is 20.4. The Hall–Kier alpha value is -3.51. The van der Waals surface area contributed by atoms with Crippen LogP contribution in [0, 0.1) is 0 Å². The van der Waals surface area contributed by atoms with Crippen LogP contribution in [0.2, 0.25) is 0 Å². The molecule has 3 aromatic rings. The fourth-order valence-electron chi connectivity index (χ4n) is 5.20. The summed E-state index contributed by atoms with van der Waals surface area (Å²) in [5, 5.41) is 0. The van der Waals surface area contributed by atoms with Gasteiger partial charge in [-0.25, -0.2) is 4.79 Å². The Bertz CT molecular complexity index is 1350. The van der Waals surface area contributed by atoms with Crippen molar-refractivity contribution in [2.45, 2.75) is 91.0 Å². The van der Waals surface area contributed by atoms with E-state index in [9.17, 15) is 9.59 Å². The normalized spacial score (nSPS) is 13.3. The molecule has 1 atom stereocenters. The first-order valence-corrected chi connectivity index (χ1v) is 15.9. The average molecular weight is 586 g/mol. The van der Waals surface area contributed by atoms with E-state index in [-0.39, 0.29) is 11.9 Å². The molecule has 222 valence electrons. The van der Waals surface area contributed by atoms with Gasteiger partial charge in [0.1, 0.15) is 16.5 Å². The largest absolute Gasteiger partial charge is 0.494 e. The van der Waals surface area contributed by atoms with Gasteiger partial charge < -0.3 is 9.47 Å². The molecule has 3 aromatic carbocycles. The van der Waals surface area contributed by atoms with E-state index in [1.807, 2.05) is 50.2 Å². The summed E-state index contributed by atoms with van der Waals surface area (Å²) in [7, 11) is 0. The molecule has 0 radical (unpaired) electrons. The zero-order valence-electron chi connectivity index (χ0n) is 25.2. The summed E-state index contributed by atoms with van der Waals surface area (Å²) in [6, 6.07) is 20.5. The summed E-state index contributed by atoms with van der Waals surface area (Å²) in [6.07, 6.45) is 12.5. The van der Waals surface area contributed by atoms with Gasteiger partial charge in [0.25, 0.3) is 5.91 Å². The summed E-state index contributed by atoms with van der Waals surface area (Å²) >= 11 is 5.56. The second kappa shape index (κ2) is 15.6. The SMILES string of the molecule is CCCCCCCCCCCOc1ccc(-c2ccc(OC(=O)c3ccc4c(c3)C(=S)N([C@@H](C)CC)C4=O)cc2)cc1. The highest BCUT2D eigenvalue weighted by atomic mass is 32.1. The molecule has 1 heterocycles. The van der Waals surface area contributed by atoms with Crippen molar-refractivity contribution in [3.63, 3.8) is 0 Å². The molecule has 0 saturated carbocycles. The van der Waals surface area contributed by atoms with Gasteiger partial charge >= 0.3 is 5.97 Å². The zero-order chi connectivity index (χ0) is 29.9. The summed E-state index contributed by atoms with van der Waals surface area (Å²) in [4.78, 5) is 27.8. The number of esters is 1. The Morgan fingerprint density at radius 1 is 0.762 bits per heavy atom. The molecule has 0 bridgehead atoms. The number of carbonyl (C=O) groups is 2. The van der Waals surface area contributed by atoms with E-state index < -0.39 is 5.97 Å². The lowest BCUT2D eigenvalue weighted by molar-refractivity contribution is 0.0733. The van der Waals surface area contributed by atoms with Crippen LogP contribution in [0.25, 0.3) is 11.1 Å². The number of carbonyl (C=O) groups excluding carboxylic acids is 2. The number of amides is 1. The number of rotatable bonds is 16. The highest BCUT2D eigenvalue weighted by molar-refractivity contribution is 7.80. The predicted octanol–water partition coefficient (Wildman–Crippen LogP) is 9.41. The lowest BCUT2D eigenvalue weighted by Crippen LogP contribution is -2.36. The third-order valence-electron chi connectivity index (χ3n) is 7.95. The fraction of sp³-hybridized carbons (Fsp3) is 0.417. The van der Waals surface area contributed by atoms with E-state index in [0.29, 0.717) is 27.4 Å². The molecular weight excluding hydrogens is 542 g/mol. The summed E-state index contributed by atoms with van der Waals surface area (Å²) < 4.78 is 11.6. The first kappa shape index (κ1) is 31.4. The highest BCUT2D eigenvalue weighted by Crippen LogP contribution is 2.29. The van der Waals surface area contributed by atoms with Crippen molar-refractivity contribution in [1.29, 1.82) is 0 Å². The van der Waals surface area contributed by atoms with Gasteiger partial charge in [-0.15, -0.1) is 0 Å². The van der Waals surface area contributed by atoms with Gasteiger partial charge in [0.05, 0.1) is 17.7 Å². The van der Waals surface area contributed by atoms with Crippen molar-refractivity contribution in [1.82, 2.24) is 4.90 Å². The number of unbranched alkanes of at least 4 members (excludes halogenated alkanes) is 8. The van der Waals surface area contributed by atoms with Crippen LogP contribution in [0.3, 0.4) is 0 Å². The van der Waals surface area contributed by atoms with Crippen molar-refractivity contribution >= 4 is 29.1 Å². The summed E-state index contributed by atoms with van der Waals surface area (Å²) in [5.74, 6) is 0.728. The Kier molecular flexibility index (Phi) is 11.7. The zero-order valence-corrected chi connectivity index (χ0v) is 26.0. The molecule has 0 aromatic heterocycles. The minimum Gasteiger partial charge on any atom is -0.494 e. The van der Waals surface area contributed by atoms with Gasteiger partial charge in [-0.1, -0.05) is 102 Å². The Balaban J connectivity index is 1.24. The third kappa shape index (κ3) is 8.07. The molecule has 5 nitrogen and oxygen atoms in total. The minimum atomic E-state index is -0.490. The number of benzene rings is 3. The van der Waals surface area contributed by atoms with Gasteiger partial charge in [-0.05, 0) is 73.4 Å². The van der Waals surface area contributed by atoms with E-state index in [0.717, 1.165) is 36.3 Å². The number of hydrogen-bond acceptors (Lipinski definition) is 5. The Morgan fingerprint density at radius 2 is 1.33 bits per heavy atom. The molecule has 0 unspecified atom stereocenters. The quantitative estimate of drug-likeness (QED) is 0.0725. The van der Waals surface area contributed by atoms with Crippen LogP contribution in [0.15, 0.2) is 66.7 Å². The van der Waals surface area contributed by atoms with Gasteiger partial charge in [0, 0.05) is 11.6 Å². The van der Waals surface area contributed by atoms with Crippen LogP contribution in [0.4, 0.5) is 0 Å². The Labute approximate surface area is 256 Å². The Morgan fingerprint density at radius 3 is 1.93 bits per heavy atom. The molecule has 0 aliphatic carbocycles. The number of nitrogens with zero attached hydrogens (tertiary/aromatic N) is 1. The molecule has 42 heavy (non-hydrogen) atoms. The molecule has 0 spiro atoms. The number of thiocarbonyl (C=S) groups is 1. The first-order valence-electron chi connectivity index (χ1n) is 15.5. The molecule has 1 aliphatic rings. The maximum atomic E-state index is 12.9. The smallest absolute Gasteiger partial charge is 0.343 e. The van der Waals surface area contributed by atoms with Crippen molar-refractivity contribution in [3.05, 3.63) is 83.4 Å². The van der Waals surface area contributed by atoms with E-state index in [1.165, 1.54) is 51.4 Å². The predicted molar refractivity (Wildman–Crippen MR) is 174 cm³/mol. The van der Waals surface area contributed by atoms with Crippen LogP contribution in [-0.2, 0) is 0 Å². The summed E-state index contributed by atoms with van der Waals surface area (Å²) in [5.41, 5.74) is 3.58. The number of ether oxygens (including phenoxy) is 2. The van der Waals surface area contributed by atoms with Gasteiger partial charge in [0.2, 0.25) is 0 Å². The maximum absolute atomic E-state index is 12.9. The standard InChI is InChI=1S/C36H43NO4S/c1-4-6-7-8-9-10-11-12-13-24-40-30-19-14-27(15-20-30)28-16-21-31(22-17-28)41-36(39)29-18-23-32-33(25-29)35(42)37(34(32)38)26(3)5-2/h14-23,25-26H,4-13,24H2,1-3H3/t26-/m0/s1. The maximum Gasteiger partial charge on any atom is 0.343 e. The minimum absolute atomic E-state index is 0.000386. The van der Waals surface area contributed by atoms with Crippen LogP contribution >= 0.6 is 12.2 Å². The fourth-order valence-corrected chi connectivity index (χ4v) is 5.63. The molecular formula is C36H43NO4S. The summed E-state index contributed by atoms with van der Waals surface area (Å²) in [6.45, 7) is 6.99. The topological polar surface area (TPSA) is 55.8 Å². The van der Waals surface area contributed by atoms with Crippen LogP contribution < -0.4 is 9.47 Å². The van der Waals surface area contributed by atoms with Crippen LogP contribution in [-0.4, -0.2) is 34.4 Å². The van der Waals surface area contributed by atoms with Crippen molar-refractivity contribution in [2.75, 3.05) is 6.61 Å². The lowest BCUT2D eigenvalue weighted by atomic mass is 10.1. The van der Waals surface area contributed by atoms with Crippen LogP contribution in [0.1, 0.15) is 111 Å². The number of fused-ring (bicyclic) bond motifs is 1. The highest BCUT2D eigenvalue weighted by Gasteiger charge is 2.35. The average Bonchev–Trinajstić information content (AvgIpc) is 3.27. The second-order valence-electron chi connectivity index (χ2n) is 11.1. The van der Waals surface area contributed by atoms with Gasteiger partial charge in [-0.2, -0.15) is 0 Å². The molecule has 4 rings (SSSR count). The lowest BCUT2D eigenvalue weighted by Gasteiger charge is -2.22. The van der Waals surface area contributed by atoms with E-state index >= 15 is 0 Å². The van der Waals surface area contributed by atoms with Gasteiger partial charge in [0.15, 0.2) is 0 Å². The van der Waals surface area contributed by atoms with Crippen LogP contribution in [0.5, 0.6) is 11.5 Å². The monoisotopic (exact) mass is 585 g/mol.